The Balaban J connectivity index is 0.00000256. The van der Waals surface area contributed by atoms with Gasteiger partial charge >= 0.3 is 0 Å². The molecule has 1 aromatic heterocycles. The van der Waals surface area contributed by atoms with Crippen molar-refractivity contribution in [1.29, 1.82) is 0 Å². The zero-order valence-corrected chi connectivity index (χ0v) is 12.7. The first-order valence-corrected chi connectivity index (χ1v) is 5.68. The van der Waals surface area contributed by atoms with E-state index in [2.05, 4.69) is 34.4 Å². The number of aliphatic imine (C=N–C) groups is 1. The van der Waals surface area contributed by atoms with E-state index in [0.717, 1.165) is 38.3 Å². The van der Waals surface area contributed by atoms with Crippen LogP contribution in [-0.2, 0) is 13.0 Å². The van der Waals surface area contributed by atoms with Crippen LogP contribution in [0.2, 0.25) is 0 Å². The van der Waals surface area contributed by atoms with E-state index in [9.17, 15) is 0 Å². The number of aryl methyl sites for hydroxylation is 1. The van der Waals surface area contributed by atoms with Crippen molar-refractivity contribution in [2.24, 2.45) is 10.7 Å². The molecule has 0 aliphatic rings. The molecule has 0 aliphatic heterocycles. The molecule has 0 unspecified atom stereocenters. The SMILES string of the molecule is CCCN=C(N)NCCn1cnnc1CC.I. The number of aromatic nitrogens is 3. The van der Waals surface area contributed by atoms with Gasteiger partial charge in [0.05, 0.1) is 0 Å². The lowest BCUT2D eigenvalue weighted by atomic mass is 10.4. The van der Waals surface area contributed by atoms with E-state index in [1.807, 2.05) is 4.57 Å². The second-order valence-corrected chi connectivity index (χ2v) is 3.49. The minimum Gasteiger partial charge on any atom is -0.370 e. The van der Waals surface area contributed by atoms with Gasteiger partial charge in [-0.25, -0.2) is 0 Å². The first-order valence-electron chi connectivity index (χ1n) is 5.68. The molecule has 0 amide bonds. The van der Waals surface area contributed by atoms with Crippen LogP contribution in [-0.4, -0.2) is 33.8 Å². The number of nitrogens with zero attached hydrogens (tertiary/aromatic N) is 4. The van der Waals surface area contributed by atoms with Gasteiger partial charge in [0, 0.05) is 26.1 Å². The Bertz CT molecular complexity index is 335. The summed E-state index contributed by atoms with van der Waals surface area (Å²) < 4.78 is 2.01. The Morgan fingerprint density at radius 3 is 2.94 bits per heavy atom. The molecule has 0 radical (unpaired) electrons. The van der Waals surface area contributed by atoms with Crippen molar-refractivity contribution in [1.82, 2.24) is 20.1 Å². The fourth-order valence-electron chi connectivity index (χ4n) is 1.33. The first kappa shape index (κ1) is 16.1. The predicted molar refractivity (Wildman–Crippen MR) is 79.6 cm³/mol. The second kappa shape index (κ2) is 9.20. The number of halogens is 1. The van der Waals surface area contributed by atoms with Crippen molar-refractivity contribution < 1.29 is 0 Å². The zero-order valence-electron chi connectivity index (χ0n) is 10.4. The summed E-state index contributed by atoms with van der Waals surface area (Å²) in [7, 11) is 0. The molecule has 7 heteroatoms. The summed E-state index contributed by atoms with van der Waals surface area (Å²) in [5, 5.41) is 10.9. The van der Waals surface area contributed by atoms with Crippen molar-refractivity contribution in [3.63, 3.8) is 0 Å². The minimum atomic E-state index is 0. The third-order valence-electron chi connectivity index (χ3n) is 2.18. The largest absolute Gasteiger partial charge is 0.370 e. The van der Waals surface area contributed by atoms with Gasteiger partial charge in [0.2, 0.25) is 0 Å². The smallest absolute Gasteiger partial charge is 0.188 e. The Labute approximate surface area is 119 Å². The van der Waals surface area contributed by atoms with Crippen LogP contribution in [0, 0.1) is 0 Å². The lowest BCUT2D eigenvalue weighted by molar-refractivity contribution is 0.638. The average Bonchev–Trinajstić information content (AvgIpc) is 2.74. The van der Waals surface area contributed by atoms with Crippen molar-refractivity contribution in [2.75, 3.05) is 13.1 Å². The molecule has 1 aromatic rings. The van der Waals surface area contributed by atoms with Gasteiger partial charge in [-0.3, -0.25) is 4.99 Å². The van der Waals surface area contributed by atoms with Crippen molar-refractivity contribution in [2.45, 2.75) is 33.2 Å². The van der Waals surface area contributed by atoms with Crippen molar-refractivity contribution in [3.05, 3.63) is 12.2 Å². The molecular formula is C10H21IN6. The maximum absolute atomic E-state index is 5.67. The van der Waals surface area contributed by atoms with Gasteiger partial charge in [-0.2, -0.15) is 0 Å². The molecule has 0 spiro atoms. The van der Waals surface area contributed by atoms with Gasteiger partial charge in [-0.15, -0.1) is 34.2 Å². The number of nitrogens with two attached hydrogens (primary N) is 1. The molecule has 0 aromatic carbocycles. The van der Waals surface area contributed by atoms with Crippen molar-refractivity contribution in [3.8, 4) is 0 Å². The van der Waals surface area contributed by atoms with E-state index >= 15 is 0 Å². The molecule has 0 saturated carbocycles. The van der Waals surface area contributed by atoms with Gasteiger partial charge in [0.1, 0.15) is 12.2 Å². The molecule has 1 heterocycles. The summed E-state index contributed by atoms with van der Waals surface area (Å²) in [5.41, 5.74) is 5.67. The molecular weight excluding hydrogens is 331 g/mol. The van der Waals surface area contributed by atoms with E-state index in [-0.39, 0.29) is 24.0 Å². The highest BCUT2D eigenvalue weighted by Crippen LogP contribution is 1.94. The fraction of sp³-hybridized carbons (Fsp3) is 0.700. The monoisotopic (exact) mass is 352 g/mol. The molecule has 6 nitrogen and oxygen atoms in total. The van der Waals surface area contributed by atoms with Crippen LogP contribution in [0.5, 0.6) is 0 Å². The maximum Gasteiger partial charge on any atom is 0.188 e. The molecule has 1 rings (SSSR count). The highest BCUT2D eigenvalue weighted by molar-refractivity contribution is 14.0. The molecule has 0 saturated heterocycles. The number of hydrogen-bond acceptors (Lipinski definition) is 3. The minimum absolute atomic E-state index is 0. The highest BCUT2D eigenvalue weighted by Gasteiger charge is 2.00. The van der Waals surface area contributed by atoms with Crippen LogP contribution in [0.4, 0.5) is 0 Å². The van der Waals surface area contributed by atoms with Crippen LogP contribution >= 0.6 is 24.0 Å². The molecule has 3 N–H and O–H groups in total. The quantitative estimate of drug-likeness (QED) is 0.450. The van der Waals surface area contributed by atoms with Gasteiger partial charge in [0.15, 0.2) is 5.96 Å². The van der Waals surface area contributed by atoms with Crippen LogP contribution < -0.4 is 11.1 Å². The Morgan fingerprint density at radius 1 is 1.53 bits per heavy atom. The lowest BCUT2D eigenvalue weighted by Gasteiger charge is -2.07. The summed E-state index contributed by atoms with van der Waals surface area (Å²) in [5.74, 6) is 1.50. The molecule has 17 heavy (non-hydrogen) atoms. The molecule has 0 bridgehead atoms. The number of nitrogens with one attached hydrogen (secondary N) is 1. The third kappa shape index (κ3) is 5.85. The summed E-state index contributed by atoms with van der Waals surface area (Å²) in [4.78, 5) is 4.15. The lowest BCUT2D eigenvalue weighted by Crippen LogP contribution is -2.34. The Morgan fingerprint density at radius 2 is 2.29 bits per heavy atom. The molecule has 0 atom stereocenters. The molecule has 0 fully saturated rings. The van der Waals surface area contributed by atoms with E-state index < -0.39 is 0 Å². The molecule has 98 valence electrons. The second-order valence-electron chi connectivity index (χ2n) is 3.49. The Hall–Kier alpha value is -0.860. The van der Waals surface area contributed by atoms with Gasteiger partial charge < -0.3 is 15.6 Å². The van der Waals surface area contributed by atoms with Gasteiger partial charge in [-0.05, 0) is 6.42 Å². The third-order valence-corrected chi connectivity index (χ3v) is 2.18. The van der Waals surface area contributed by atoms with E-state index in [4.69, 9.17) is 5.73 Å². The van der Waals surface area contributed by atoms with Gasteiger partial charge in [0.25, 0.3) is 0 Å². The zero-order chi connectivity index (χ0) is 11.8. The van der Waals surface area contributed by atoms with Crippen LogP contribution in [0.15, 0.2) is 11.3 Å². The topological polar surface area (TPSA) is 81.1 Å². The average molecular weight is 352 g/mol. The summed E-state index contributed by atoms with van der Waals surface area (Å²) in [6.07, 6.45) is 3.63. The normalized spacial score (nSPS) is 11.1. The van der Waals surface area contributed by atoms with Crippen molar-refractivity contribution >= 4 is 29.9 Å². The summed E-state index contributed by atoms with van der Waals surface area (Å²) >= 11 is 0. The number of hydrogen-bond donors (Lipinski definition) is 2. The highest BCUT2D eigenvalue weighted by atomic mass is 127. The molecule has 0 aliphatic carbocycles. The number of rotatable bonds is 6. The summed E-state index contributed by atoms with van der Waals surface area (Å²) in [6.45, 7) is 6.45. The predicted octanol–water partition coefficient (Wildman–Crippen LogP) is 0.773. The van der Waals surface area contributed by atoms with E-state index in [1.54, 1.807) is 6.33 Å². The van der Waals surface area contributed by atoms with Crippen LogP contribution in [0.25, 0.3) is 0 Å². The maximum atomic E-state index is 5.67. The van der Waals surface area contributed by atoms with E-state index in [0.29, 0.717) is 5.96 Å². The standard InChI is InChI=1S/C10H20N6.HI/c1-3-5-12-10(11)13-6-7-16-8-14-15-9(16)4-2;/h8H,3-7H2,1-2H3,(H3,11,12,13);1H. The van der Waals surface area contributed by atoms with Crippen LogP contribution in [0.3, 0.4) is 0 Å². The Kier molecular flexibility index (Phi) is 8.73. The van der Waals surface area contributed by atoms with Crippen LogP contribution in [0.1, 0.15) is 26.1 Å². The fourth-order valence-corrected chi connectivity index (χ4v) is 1.33. The van der Waals surface area contributed by atoms with E-state index in [1.165, 1.54) is 0 Å². The van der Waals surface area contributed by atoms with Gasteiger partial charge in [-0.1, -0.05) is 13.8 Å². The summed E-state index contributed by atoms with van der Waals surface area (Å²) in [6, 6.07) is 0. The number of guanidine groups is 1. The first-order chi connectivity index (χ1) is 7.77.